The van der Waals surface area contributed by atoms with Gasteiger partial charge < -0.3 is 10.0 Å². The predicted molar refractivity (Wildman–Crippen MR) is 94.2 cm³/mol. The molecule has 4 heteroatoms. The van der Waals surface area contributed by atoms with E-state index in [-0.39, 0.29) is 0 Å². The maximum atomic E-state index is 10.0. The van der Waals surface area contributed by atoms with Crippen molar-refractivity contribution in [2.75, 3.05) is 33.2 Å². The Balaban J connectivity index is 1.76. The van der Waals surface area contributed by atoms with E-state index in [0.29, 0.717) is 11.8 Å². The van der Waals surface area contributed by atoms with Gasteiger partial charge in [-0.3, -0.25) is 4.90 Å². The van der Waals surface area contributed by atoms with E-state index in [2.05, 4.69) is 47.2 Å². The van der Waals surface area contributed by atoms with Crippen LogP contribution in [0, 0.1) is 0 Å². The molecule has 0 aromatic heterocycles. The van der Waals surface area contributed by atoms with Crippen LogP contribution < -0.4 is 0 Å². The van der Waals surface area contributed by atoms with Crippen molar-refractivity contribution in [2.45, 2.75) is 22.3 Å². The monoisotopic (exact) mass is 326 g/mol. The van der Waals surface area contributed by atoms with Gasteiger partial charge in [-0.05, 0) is 48.9 Å². The van der Waals surface area contributed by atoms with Gasteiger partial charge in [0, 0.05) is 42.0 Å². The van der Waals surface area contributed by atoms with Gasteiger partial charge in [0.15, 0.2) is 0 Å². The molecule has 0 amide bonds. The summed E-state index contributed by atoms with van der Waals surface area (Å²) in [5.41, 5.74) is 2.69. The summed E-state index contributed by atoms with van der Waals surface area (Å²) in [5, 5.41) is 10.0. The van der Waals surface area contributed by atoms with Crippen molar-refractivity contribution in [3.8, 4) is 5.75 Å². The summed E-state index contributed by atoms with van der Waals surface area (Å²) in [6.45, 7) is 4.39. The second-order valence-electron chi connectivity index (χ2n) is 6.49. The molecule has 2 aliphatic rings. The molecule has 0 aliphatic carbocycles. The molecular formula is C19H22N2OS. The number of benzene rings is 2. The Morgan fingerprint density at radius 1 is 1.00 bits per heavy atom. The van der Waals surface area contributed by atoms with Crippen LogP contribution in [0.2, 0.25) is 0 Å². The van der Waals surface area contributed by atoms with Crippen LogP contribution in [0.3, 0.4) is 0 Å². The topological polar surface area (TPSA) is 26.7 Å². The number of phenols is 1. The molecule has 0 spiro atoms. The quantitative estimate of drug-likeness (QED) is 0.869. The Hall–Kier alpha value is -1.49. The summed E-state index contributed by atoms with van der Waals surface area (Å²) in [5.74, 6) is 0.370. The number of rotatable bonds is 1. The van der Waals surface area contributed by atoms with Crippen molar-refractivity contribution >= 4 is 11.8 Å². The summed E-state index contributed by atoms with van der Waals surface area (Å²) in [7, 11) is 2.19. The molecule has 3 nitrogen and oxygen atoms in total. The van der Waals surface area contributed by atoms with Gasteiger partial charge in [0.2, 0.25) is 0 Å². The number of nitrogens with zero attached hydrogens (tertiary/aromatic N) is 2. The van der Waals surface area contributed by atoms with Crippen molar-refractivity contribution in [1.82, 2.24) is 9.80 Å². The van der Waals surface area contributed by atoms with E-state index < -0.39 is 0 Å². The van der Waals surface area contributed by atoms with Gasteiger partial charge in [0.25, 0.3) is 0 Å². The van der Waals surface area contributed by atoms with E-state index in [0.717, 1.165) is 32.6 Å². The summed E-state index contributed by atoms with van der Waals surface area (Å²) >= 11 is 1.83. The lowest BCUT2D eigenvalue weighted by atomic mass is 9.96. The first kappa shape index (κ1) is 15.1. The van der Waals surface area contributed by atoms with Crippen LogP contribution in [-0.4, -0.2) is 48.1 Å². The highest BCUT2D eigenvalue weighted by atomic mass is 32.2. The maximum Gasteiger partial charge on any atom is 0.115 e. The summed E-state index contributed by atoms with van der Waals surface area (Å²) in [4.78, 5) is 7.59. The van der Waals surface area contributed by atoms with Crippen LogP contribution in [-0.2, 0) is 6.42 Å². The van der Waals surface area contributed by atoms with Crippen molar-refractivity contribution in [1.29, 1.82) is 0 Å². The summed E-state index contributed by atoms with van der Waals surface area (Å²) in [6, 6.07) is 14.9. The van der Waals surface area contributed by atoms with Crippen molar-refractivity contribution in [2.24, 2.45) is 0 Å². The molecule has 1 saturated heterocycles. The lowest BCUT2D eigenvalue weighted by molar-refractivity contribution is 0.109. The Kier molecular flexibility index (Phi) is 4.05. The first-order chi connectivity index (χ1) is 11.2. The fraction of sp³-hybridized carbons (Fsp3) is 0.368. The van der Waals surface area contributed by atoms with Crippen molar-refractivity contribution in [3.05, 3.63) is 53.6 Å². The number of hydrogen-bond donors (Lipinski definition) is 1. The Morgan fingerprint density at radius 2 is 1.78 bits per heavy atom. The molecule has 2 aromatic rings. The molecule has 0 saturated carbocycles. The largest absolute Gasteiger partial charge is 0.508 e. The highest BCUT2D eigenvalue weighted by Crippen LogP contribution is 2.43. The predicted octanol–water partition coefficient (Wildman–Crippen LogP) is 3.39. The molecule has 2 heterocycles. The van der Waals surface area contributed by atoms with Crippen molar-refractivity contribution < 1.29 is 5.11 Å². The highest BCUT2D eigenvalue weighted by Gasteiger charge is 2.29. The van der Waals surface area contributed by atoms with Gasteiger partial charge in [-0.25, -0.2) is 0 Å². The van der Waals surface area contributed by atoms with Crippen LogP contribution in [0.4, 0.5) is 0 Å². The van der Waals surface area contributed by atoms with Gasteiger partial charge in [-0.1, -0.05) is 30.0 Å². The van der Waals surface area contributed by atoms with E-state index in [1.807, 2.05) is 17.8 Å². The SMILES string of the molecule is CN1CCN(C2Cc3ccccc3Sc3ccc(O)cc32)CC1. The molecule has 4 rings (SSSR count). The fourth-order valence-electron chi connectivity index (χ4n) is 3.56. The molecule has 23 heavy (non-hydrogen) atoms. The van der Waals surface area contributed by atoms with E-state index >= 15 is 0 Å². The van der Waals surface area contributed by atoms with Crippen molar-refractivity contribution in [3.63, 3.8) is 0 Å². The number of hydrogen-bond acceptors (Lipinski definition) is 4. The maximum absolute atomic E-state index is 10.0. The Morgan fingerprint density at radius 3 is 2.61 bits per heavy atom. The Labute approximate surface area is 141 Å². The van der Waals surface area contributed by atoms with Gasteiger partial charge >= 0.3 is 0 Å². The van der Waals surface area contributed by atoms with Gasteiger partial charge in [-0.15, -0.1) is 0 Å². The van der Waals surface area contributed by atoms with E-state index in [1.54, 1.807) is 6.07 Å². The first-order valence-corrected chi connectivity index (χ1v) is 9.03. The normalized spacial score (nSPS) is 22.2. The van der Waals surface area contributed by atoms with Gasteiger partial charge in [-0.2, -0.15) is 0 Å². The average Bonchev–Trinajstić information content (AvgIpc) is 2.72. The third kappa shape index (κ3) is 2.99. The third-order valence-electron chi connectivity index (χ3n) is 4.94. The number of piperazine rings is 1. The number of likely N-dealkylation sites (N-methyl/N-ethyl adjacent to an activating group) is 1. The second kappa shape index (κ2) is 6.19. The van der Waals surface area contributed by atoms with Gasteiger partial charge in [0.05, 0.1) is 0 Å². The first-order valence-electron chi connectivity index (χ1n) is 8.22. The smallest absolute Gasteiger partial charge is 0.115 e. The molecule has 120 valence electrons. The summed E-state index contributed by atoms with van der Waals surface area (Å²) < 4.78 is 0. The lowest BCUT2D eigenvalue weighted by Crippen LogP contribution is -2.46. The van der Waals surface area contributed by atoms with Crippen LogP contribution in [0.1, 0.15) is 17.2 Å². The molecule has 1 N–H and O–H groups in total. The zero-order chi connectivity index (χ0) is 15.8. The molecule has 0 radical (unpaired) electrons. The molecule has 2 aromatic carbocycles. The zero-order valence-electron chi connectivity index (χ0n) is 13.4. The minimum absolute atomic E-state index is 0.349. The molecular weight excluding hydrogens is 304 g/mol. The molecule has 1 atom stereocenters. The lowest BCUT2D eigenvalue weighted by Gasteiger charge is -2.38. The molecule has 2 aliphatic heterocycles. The second-order valence-corrected chi connectivity index (χ2v) is 7.57. The van der Waals surface area contributed by atoms with Crippen LogP contribution in [0.5, 0.6) is 5.75 Å². The molecule has 1 unspecified atom stereocenters. The summed E-state index contributed by atoms with van der Waals surface area (Å²) in [6.07, 6.45) is 1.02. The third-order valence-corrected chi connectivity index (χ3v) is 6.15. The minimum atomic E-state index is 0.349. The average molecular weight is 326 g/mol. The van der Waals surface area contributed by atoms with E-state index in [9.17, 15) is 5.11 Å². The Bertz CT molecular complexity index is 710. The van der Waals surface area contributed by atoms with Crippen LogP contribution >= 0.6 is 11.8 Å². The number of aromatic hydroxyl groups is 1. The zero-order valence-corrected chi connectivity index (χ0v) is 14.2. The standard InChI is InChI=1S/C19H22N2OS/c1-20-8-10-21(11-9-20)17-12-14-4-2-3-5-18(14)23-19-7-6-15(22)13-16(17)19/h2-7,13,17,22H,8-12H2,1H3. The fourth-order valence-corrected chi connectivity index (χ4v) is 4.67. The van der Waals surface area contributed by atoms with Crippen LogP contribution in [0.25, 0.3) is 0 Å². The molecule has 0 bridgehead atoms. The minimum Gasteiger partial charge on any atom is -0.508 e. The van der Waals surface area contributed by atoms with Gasteiger partial charge in [0.1, 0.15) is 5.75 Å². The van der Waals surface area contributed by atoms with E-state index in [1.165, 1.54) is 20.9 Å². The van der Waals surface area contributed by atoms with Crippen LogP contribution in [0.15, 0.2) is 52.3 Å². The highest BCUT2D eigenvalue weighted by molar-refractivity contribution is 7.99. The molecule has 1 fully saturated rings. The van der Waals surface area contributed by atoms with E-state index in [4.69, 9.17) is 0 Å². The number of phenolic OH excluding ortho intramolecular Hbond substituents is 1. The number of fused-ring (bicyclic) bond motifs is 2.